The SMILES string of the molecule is Cc1cc(C)cc(-c2cc3c4c(c2)OP(=O)(O)Oc2cc(-c5cc(C)cc(C)c5)cc5c2C4(CC3)CC5)c1. The van der Waals surface area contributed by atoms with Crippen molar-refractivity contribution < 1.29 is 18.5 Å². The van der Waals surface area contributed by atoms with Gasteiger partial charge in [0.25, 0.3) is 0 Å². The van der Waals surface area contributed by atoms with Crippen molar-refractivity contribution in [2.75, 3.05) is 0 Å². The second-order valence-corrected chi connectivity index (χ2v) is 12.8. The molecule has 2 aliphatic carbocycles. The van der Waals surface area contributed by atoms with Crippen LogP contribution < -0.4 is 9.05 Å². The fourth-order valence-corrected chi connectivity index (χ4v) is 8.12. The van der Waals surface area contributed by atoms with Crippen LogP contribution in [0.1, 0.15) is 57.3 Å². The van der Waals surface area contributed by atoms with Crippen molar-refractivity contribution in [3.8, 4) is 33.8 Å². The number of phosphoric acid groups is 1. The van der Waals surface area contributed by atoms with Crippen LogP contribution in [0.15, 0.2) is 60.7 Å². The number of hydrogen-bond acceptors (Lipinski definition) is 3. The molecule has 1 N–H and O–H groups in total. The molecule has 0 atom stereocenters. The highest BCUT2D eigenvalue weighted by Gasteiger charge is 2.51. The summed E-state index contributed by atoms with van der Waals surface area (Å²) in [7, 11) is -4.42. The predicted octanol–water partition coefficient (Wildman–Crippen LogP) is 8.30. The minimum absolute atomic E-state index is 0.266. The number of aryl methyl sites for hydroxylation is 6. The van der Waals surface area contributed by atoms with Gasteiger partial charge < -0.3 is 9.05 Å². The molecule has 5 heteroatoms. The van der Waals surface area contributed by atoms with Crippen molar-refractivity contribution in [1.82, 2.24) is 0 Å². The number of phosphoric ester groups is 1. The maximum atomic E-state index is 13.4. The highest BCUT2D eigenvalue weighted by atomic mass is 31.2. The second-order valence-electron chi connectivity index (χ2n) is 11.5. The molecule has 38 heavy (non-hydrogen) atoms. The summed E-state index contributed by atoms with van der Waals surface area (Å²) in [4.78, 5) is 11.0. The summed E-state index contributed by atoms with van der Waals surface area (Å²) in [5.74, 6) is 0.966. The smallest absolute Gasteiger partial charge is 0.395 e. The molecule has 3 aliphatic rings. The third-order valence-corrected chi connectivity index (χ3v) is 9.36. The lowest BCUT2D eigenvalue weighted by Gasteiger charge is -2.33. The van der Waals surface area contributed by atoms with Gasteiger partial charge in [0, 0.05) is 16.5 Å². The van der Waals surface area contributed by atoms with Gasteiger partial charge in [-0.2, -0.15) is 0 Å². The summed E-state index contributed by atoms with van der Waals surface area (Å²) in [6.07, 6.45) is 3.68. The Labute approximate surface area is 223 Å². The molecule has 0 amide bonds. The van der Waals surface area contributed by atoms with Gasteiger partial charge in [0.1, 0.15) is 11.5 Å². The van der Waals surface area contributed by atoms with E-state index in [1.807, 2.05) is 12.1 Å². The zero-order chi connectivity index (χ0) is 26.4. The van der Waals surface area contributed by atoms with Crippen molar-refractivity contribution in [3.63, 3.8) is 0 Å². The van der Waals surface area contributed by atoms with E-state index in [1.165, 1.54) is 33.4 Å². The molecule has 0 unspecified atom stereocenters. The Morgan fingerprint density at radius 3 is 1.37 bits per heavy atom. The average molecular weight is 523 g/mol. The first-order valence-electron chi connectivity index (χ1n) is 13.3. The van der Waals surface area contributed by atoms with Gasteiger partial charge in [-0.25, -0.2) is 4.57 Å². The first kappa shape index (κ1) is 23.8. The van der Waals surface area contributed by atoms with Crippen LogP contribution in [0.2, 0.25) is 0 Å². The van der Waals surface area contributed by atoms with Gasteiger partial charge >= 0.3 is 7.82 Å². The highest BCUT2D eigenvalue weighted by molar-refractivity contribution is 7.48. The molecule has 7 rings (SSSR count). The molecule has 192 valence electrons. The van der Waals surface area contributed by atoms with Crippen LogP contribution in [-0.4, -0.2) is 4.89 Å². The number of rotatable bonds is 2. The molecule has 0 fully saturated rings. The Morgan fingerprint density at radius 1 is 0.605 bits per heavy atom. The molecule has 0 bridgehead atoms. The van der Waals surface area contributed by atoms with Crippen LogP contribution in [0, 0.1) is 27.7 Å². The van der Waals surface area contributed by atoms with Crippen molar-refractivity contribution >= 4 is 7.82 Å². The second kappa shape index (κ2) is 8.09. The van der Waals surface area contributed by atoms with E-state index in [1.54, 1.807) is 0 Å². The Morgan fingerprint density at radius 2 is 0.974 bits per heavy atom. The Bertz CT molecular complexity index is 1550. The maximum Gasteiger partial charge on any atom is 0.584 e. The molecule has 0 saturated carbocycles. The van der Waals surface area contributed by atoms with Gasteiger partial charge in [-0.15, -0.1) is 0 Å². The minimum atomic E-state index is -4.42. The quantitative estimate of drug-likeness (QED) is 0.269. The summed E-state index contributed by atoms with van der Waals surface area (Å²) in [6, 6.07) is 21.3. The number of benzene rings is 4. The Balaban J connectivity index is 1.45. The summed E-state index contributed by atoms with van der Waals surface area (Å²) >= 11 is 0. The van der Waals surface area contributed by atoms with E-state index in [0.29, 0.717) is 11.5 Å². The van der Waals surface area contributed by atoms with Crippen molar-refractivity contribution in [1.29, 1.82) is 0 Å². The van der Waals surface area contributed by atoms with Crippen LogP contribution >= 0.6 is 7.82 Å². The monoisotopic (exact) mass is 522 g/mol. The van der Waals surface area contributed by atoms with Gasteiger partial charge in [0.05, 0.1) is 0 Å². The zero-order valence-corrected chi connectivity index (χ0v) is 23.1. The maximum absolute atomic E-state index is 13.4. The first-order valence-corrected chi connectivity index (χ1v) is 14.8. The fraction of sp³-hybridized carbons (Fsp3) is 0.273. The third-order valence-electron chi connectivity index (χ3n) is 8.50. The van der Waals surface area contributed by atoms with Crippen molar-refractivity contribution in [3.05, 3.63) is 105 Å². The molecule has 0 radical (unpaired) electrons. The molecule has 4 nitrogen and oxygen atoms in total. The summed E-state index contributed by atoms with van der Waals surface area (Å²) < 4.78 is 25.3. The topological polar surface area (TPSA) is 55.8 Å². The summed E-state index contributed by atoms with van der Waals surface area (Å²) in [6.45, 7) is 8.36. The molecule has 1 heterocycles. The van der Waals surface area contributed by atoms with Crippen LogP contribution in [0.4, 0.5) is 0 Å². The zero-order valence-electron chi connectivity index (χ0n) is 22.2. The minimum Gasteiger partial charge on any atom is -0.395 e. The molecular formula is C33H31O4P. The van der Waals surface area contributed by atoms with E-state index in [-0.39, 0.29) is 5.41 Å². The third kappa shape index (κ3) is 3.66. The van der Waals surface area contributed by atoms with E-state index < -0.39 is 7.82 Å². The molecule has 1 spiro atoms. The van der Waals surface area contributed by atoms with Gasteiger partial charge in [-0.3, -0.25) is 4.89 Å². The molecule has 0 aromatic heterocycles. The van der Waals surface area contributed by atoms with Gasteiger partial charge in [0.2, 0.25) is 0 Å². The van der Waals surface area contributed by atoms with E-state index in [2.05, 4.69) is 76.2 Å². The van der Waals surface area contributed by atoms with E-state index in [4.69, 9.17) is 9.05 Å². The standard InChI is InChI=1S/C33H31O4P/c1-19-9-20(2)12-25(11-19)27-15-23-5-7-33-8-6-24-16-28(26-13-21(3)10-22(4)14-26)18-30(32(24)33)37-38(34,35)36-29(17-27)31(23)33/h9-18H,5-8H2,1-4H3,(H,34,35). The van der Waals surface area contributed by atoms with Crippen LogP contribution in [0.5, 0.6) is 11.5 Å². The molecule has 4 aromatic carbocycles. The predicted molar refractivity (Wildman–Crippen MR) is 151 cm³/mol. The largest absolute Gasteiger partial charge is 0.584 e. The average Bonchev–Trinajstić information content (AvgIpc) is 3.38. The van der Waals surface area contributed by atoms with E-state index in [9.17, 15) is 9.46 Å². The van der Waals surface area contributed by atoms with Crippen LogP contribution in [0.25, 0.3) is 22.3 Å². The van der Waals surface area contributed by atoms with Crippen molar-refractivity contribution in [2.45, 2.75) is 58.8 Å². The Kier molecular flexibility index (Phi) is 5.06. The lowest BCUT2D eigenvalue weighted by atomic mass is 9.75. The van der Waals surface area contributed by atoms with Gasteiger partial charge in [-0.05, 0) is 98.9 Å². The van der Waals surface area contributed by atoms with Gasteiger partial charge in [0.15, 0.2) is 0 Å². The fourth-order valence-electron chi connectivity index (χ4n) is 7.30. The van der Waals surface area contributed by atoms with E-state index in [0.717, 1.165) is 59.1 Å². The van der Waals surface area contributed by atoms with Crippen LogP contribution in [0.3, 0.4) is 0 Å². The molecule has 4 aromatic rings. The normalized spacial score (nSPS) is 17.6. The molecular weight excluding hydrogens is 491 g/mol. The lowest BCUT2D eigenvalue weighted by molar-refractivity contribution is 0.280. The Hall–Kier alpha value is -3.33. The summed E-state index contributed by atoms with van der Waals surface area (Å²) in [5, 5.41) is 0. The van der Waals surface area contributed by atoms with Crippen LogP contribution in [-0.2, 0) is 22.8 Å². The summed E-state index contributed by atoms with van der Waals surface area (Å²) in [5.41, 5.74) is 13.2. The molecule has 0 saturated heterocycles. The highest BCUT2D eigenvalue weighted by Crippen LogP contribution is 2.63. The van der Waals surface area contributed by atoms with Crippen molar-refractivity contribution in [2.24, 2.45) is 0 Å². The first-order chi connectivity index (χ1) is 18.1. The molecule has 1 aliphatic heterocycles. The van der Waals surface area contributed by atoms with E-state index >= 15 is 0 Å². The number of hydrogen-bond donors (Lipinski definition) is 1. The van der Waals surface area contributed by atoms with Gasteiger partial charge in [-0.1, -0.05) is 70.8 Å². The lowest BCUT2D eigenvalue weighted by Crippen LogP contribution is -2.25.